The first-order valence-corrected chi connectivity index (χ1v) is 8.32. The molecule has 3 N–H and O–H groups in total. The van der Waals surface area contributed by atoms with Crippen molar-refractivity contribution in [1.82, 2.24) is 5.32 Å². The lowest BCUT2D eigenvalue weighted by molar-refractivity contribution is -0.146. The number of rotatable bonds is 4. The summed E-state index contributed by atoms with van der Waals surface area (Å²) < 4.78 is 4.77. The van der Waals surface area contributed by atoms with Crippen LogP contribution in [-0.4, -0.2) is 25.5 Å². The van der Waals surface area contributed by atoms with Crippen LogP contribution < -0.4 is 11.1 Å². The van der Waals surface area contributed by atoms with E-state index >= 15 is 0 Å². The van der Waals surface area contributed by atoms with Crippen molar-refractivity contribution in [2.45, 2.75) is 39.5 Å². The van der Waals surface area contributed by atoms with Gasteiger partial charge in [-0.15, -0.1) is 0 Å². The van der Waals surface area contributed by atoms with Crippen LogP contribution in [0.5, 0.6) is 0 Å². The Bertz CT molecular complexity index is 509. The number of para-hydroxylation sites is 1. The van der Waals surface area contributed by atoms with Crippen LogP contribution in [0.3, 0.4) is 0 Å². The zero-order chi connectivity index (χ0) is 17.2. The van der Waals surface area contributed by atoms with Gasteiger partial charge in [-0.3, -0.25) is 9.59 Å². The zero-order valence-electron chi connectivity index (χ0n) is 14.3. The molecule has 0 radical (unpaired) electrons. The van der Waals surface area contributed by atoms with Crippen molar-refractivity contribution in [3.05, 3.63) is 29.8 Å². The van der Waals surface area contributed by atoms with Gasteiger partial charge in [0.1, 0.15) is 0 Å². The number of methoxy groups -OCH3 is 1. The maximum absolute atomic E-state index is 12.1. The second-order valence-corrected chi connectivity index (χ2v) is 5.54. The number of nitrogen functional groups attached to an aromatic ring is 1. The van der Waals surface area contributed by atoms with E-state index in [2.05, 4.69) is 5.32 Å². The van der Waals surface area contributed by atoms with Gasteiger partial charge in [-0.2, -0.15) is 0 Å². The molecule has 1 amide bonds. The number of carbonyl (C=O) groups excluding carboxylic acids is 2. The van der Waals surface area contributed by atoms with Gasteiger partial charge in [0.2, 0.25) is 0 Å². The Morgan fingerprint density at radius 1 is 1.17 bits per heavy atom. The molecule has 0 aliphatic heterocycles. The van der Waals surface area contributed by atoms with E-state index < -0.39 is 0 Å². The summed E-state index contributed by atoms with van der Waals surface area (Å²) in [4.78, 5) is 23.5. The van der Waals surface area contributed by atoms with Gasteiger partial charge in [-0.05, 0) is 43.7 Å². The third-order valence-electron chi connectivity index (χ3n) is 4.14. The number of nitrogens with two attached hydrogens (primary N) is 1. The Hall–Kier alpha value is -2.04. The molecule has 0 unspecified atom stereocenters. The highest BCUT2D eigenvalue weighted by Gasteiger charge is 2.27. The molecule has 2 rings (SSSR count). The fraction of sp³-hybridized carbons (Fsp3) is 0.556. The lowest BCUT2D eigenvalue weighted by atomic mass is 9.82. The average molecular weight is 320 g/mol. The molecular weight excluding hydrogens is 292 g/mol. The fourth-order valence-electron chi connectivity index (χ4n) is 2.80. The van der Waals surface area contributed by atoms with Crippen LogP contribution in [0.25, 0.3) is 0 Å². The van der Waals surface area contributed by atoms with E-state index in [0.717, 1.165) is 25.7 Å². The van der Waals surface area contributed by atoms with Crippen molar-refractivity contribution in [3.8, 4) is 0 Å². The largest absolute Gasteiger partial charge is 0.469 e. The summed E-state index contributed by atoms with van der Waals surface area (Å²) in [5.41, 5.74) is 6.79. The molecule has 1 fully saturated rings. The van der Waals surface area contributed by atoms with Gasteiger partial charge in [0.25, 0.3) is 5.91 Å². The number of nitrogens with one attached hydrogen (secondary N) is 1. The highest BCUT2D eigenvalue weighted by atomic mass is 16.5. The Morgan fingerprint density at radius 3 is 2.35 bits per heavy atom. The SMILES string of the molecule is CC.COC(=O)C1CCC(CNC(=O)c2ccccc2N)CC1. The van der Waals surface area contributed by atoms with Gasteiger partial charge in [0.15, 0.2) is 0 Å². The maximum Gasteiger partial charge on any atom is 0.308 e. The molecule has 1 aromatic rings. The van der Waals surface area contributed by atoms with Crippen molar-refractivity contribution in [1.29, 1.82) is 0 Å². The van der Waals surface area contributed by atoms with Crippen molar-refractivity contribution in [2.75, 3.05) is 19.4 Å². The monoisotopic (exact) mass is 320 g/mol. The maximum atomic E-state index is 12.1. The number of esters is 1. The van der Waals surface area contributed by atoms with E-state index in [9.17, 15) is 9.59 Å². The third kappa shape index (κ3) is 5.58. The normalized spacial score (nSPS) is 20.0. The summed E-state index contributed by atoms with van der Waals surface area (Å²) in [7, 11) is 1.43. The number of ether oxygens (including phenoxy) is 1. The van der Waals surface area contributed by atoms with Crippen molar-refractivity contribution < 1.29 is 14.3 Å². The first-order valence-electron chi connectivity index (χ1n) is 8.32. The molecule has 1 aliphatic rings. The van der Waals surface area contributed by atoms with Gasteiger partial charge in [0.05, 0.1) is 18.6 Å². The van der Waals surface area contributed by atoms with E-state index in [4.69, 9.17) is 10.5 Å². The molecule has 5 heteroatoms. The molecule has 128 valence electrons. The molecule has 1 aromatic carbocycles. The van der Waals surface area contributed by atoms with Crippen LogP contribution in [-0.2, 0) is 9.53 Å². The molecule has 0 spiro atoms. The smallest absolute Gasteiger partial charge is 0.308 e. The molecule has 0 bridgehead atoms. The summed E-state index contributed by atoms with van der Waals surface area (Å²) in [5, 5.41) is 2.93. The van der Waals surface area contributed by atoms with E-state index in [-0.39, 0.29) is 17.8 Å². The number of hydrogen-bond donors (Lipinski definition) is 2. The second kappa shape index (κ2) is 9.87. The van der Waals surface area contributed by atoms with Gasteiger partial charge in [-0.1, -0.05) is 26.0 Å². The van der Waals surface area contributed by atoms with Gasteiger partial charge < -0.3 is 15.8 Å². The van der Waals surface area contributed by atoms with Crippen molar-refractivity contribution in [3.63, 3.8) is 0 Å². The van der Waals surface area contributed by atoms with E-state index in [1.165, 1.54) is 7.11 Å². The van der Waals surface area contributed by atoms with Crippen molar-refractivity contribution in [2.24, 2.45) is 11.8 Å². The van der Waals surface area contributed by atoms with Crippen LogP contribution in [0, 0.1) is 11.8 Å². The van der Waals surface area contributed by atoms with Gasteiger partial charge >= 0.3 is 5.97 Å². The summed E-state index contributed by atoms with van der Waals surface area (Å²) in [6.45, 7) is 4.63. The number of hydrogen-bond acceptors (Lipinski definition) is 4. The fourth-order valence-corrected chi connectivity index (χ4v) is 2.80. The minimum Gasteiger partial charge on any atom is -0.469 e. The quantitative estimate of drug-likeness (QED) is 0.660. The predicted octanol–water partition coefficient (Wildman–Crippen LogP) is 3.00. The summed E-state index contributed by atoms with van der Waals surface area (Å²) in [5.74, 6) is 0.184. The van der Waals surface area contributed by atoms with Crippen LogP contribution in [0.1, 0.15) is 49.9 Å². The standard InChI is InChI=1S/C16H22N2O3.C2H6/c1-21-16(20)12-8-6-11(7-9-12)10-18-15(19)13-4-2-3-5-14(13)17;1-2/h2-5,11-12H,6-10,17H2,1H3,(H,18,19);1-2H3. The lowest BCUT2D eigenvalue weighted by Gasteiger charge is -2.27. The van der Waals surface area contributed by atoms with Crippen LogP contribution in [0.15, 0.2) is 24.3 Å². The number of anilines is 1. The van der Waals surface area contributed by atoms with E-state index in [0.29, 0.717) is 23.7 Å². The van der Waals surface area contributed by atoms with Crippen LogP contribution >= 0.6 is 0 Å². The zero-order valence-corrected chi connectivity index (χ0v) is 14.3. The second-order valence-electron chi connectivity index (χ2n) is 5.54. The first kappa shape index (κ1) is 19.0. The van der Waals surface area contributed by atoms with E-state index in [1.54, 1.807) is 24.3 Å². The van der Waals surface area contributed by atoms with Gasteiger partial charge in [0, 0.05) is 12.2 Å². The predicted molar refractivity (Wildman–Crippen MR) is 92.0 cm³/mol. The topological polar surface area (TPSA) is 81.4 Å². The summed E-state index contributed by atoms with van der Waals surface area (Å²) in [6.07, 6.45) is 3.54. The minimum absolute atomic E-state index is 0.0201. The summed E-state index contributed by atoms with van der Waals surface area (Å²) >= 11 is 0. The highest BCUT2D eigenvalue weighted by molar-refractivity contribution is 5.99. The van der Waals surface area contributed by atoms with Gasteiger partial charge in [-0.25, -0.2) is 0 Å². The Morgan fingerprint density at radius 2 is 1.78 bits per heavy atom. The lowest BCUT2D eigenvalue weighted by Crippen LogP contribution is -2.33. The van der Waals surface area contributed by atoms with E-state index in [1.807, 2.05) is 13.8 Å². The number of benzene rings is 1. The Kier molecular flexibility index (Phi) is 8.16. The van der Waals surface area contributed by atoms with Crippen LogP contribution in [0.4, 0.5) is 5.69 Å². The molecule has 1 saturated carbocycles. The third-order valence-corrected chi connectivity index (χ3v) is 4.14. The molecular formula is C18H28N2O3. The molecule has 0 heterocycles. The molecule has 0 aromatic heterocycles. The first-order chi connectivity index (χ1) is 11.1. The van der Waals surface area contributed by atoms with Crippen molar-refractivity contribution >= 4 is 17.6 Å². The average Bonchev–Trinajstić information content (AvgIpc) is 2.61. The molecule has 0 saturated heterocycles. The summed E-state index contributed by atoms with van der Waals surface area (Å²) in [6, 6.07) is 7.04. The molecule has 1 aliphatic carbocycles. The Balaban J connectivity index is 0.00000127. The molecule has 5 nitrogen and oxygen atoms in total. The number of amides is 1. The molecule has 23 heavy (non-hydrogen) atoms. The molecule has 0 atom stereocenters. The van der Waals surface area contributed by atoms with Crippen LogP contribution in [0.2, 0.25) is 0 Å². The minimum atomic E-state index is -0.136. The Labute approximate surface area is 138 Å². The highest BCUT2D eigenvalue weighted by Crippen LogP contribution is 2.29. The number of carbonyl (C=O) groups is 2.